The van der Waals surface area contributed by atoms with Gasteiger partial charge in [-0.1, -0.05) is 61.4 Å². The average molecular weight is 355 g/mol. The summed E-state index contributed by atoms with van der Waals surface area (Å²) < 4.78 is 27.1. The SMILES string of the molecule is Cc1ccc(-c2nc(C(C)C)n(S(=O)(=O)c3ccc(C)cc3)n2)cc1. The van der Waals surface area contributed by atoms with E-state index >= 15 is 0 Å². The third-order valence-corrected chi connectivity index (χ3v) is 5.57. The van der Waals surface area contributed by atoms with Crippen molar-refractivity contribution in [3.05, 3.63) is 65.5 Å². The first kappa shape index (κ1) is 17.4. The molecule has 0 aliphatic heterocycles. The van der Waals surface area contributed by atoms with Crippen molar-refractivity contribution in [3.8, 4) is 11.4 Å². The van der Waals surface area contributed by atoms with E-state index in [0.29, 0.717) is 11.6 Å². The summed E-state index contributed by atoms with van der Waals surface area (Å²) in [6.45, 7) is 7.73. The molecule has 25 heavy (non-hydrogen) atoms. The summed E-state index contributed by atoms with van der Waals surface area (Å²) >= 11 is 0. The van der Waals surface area contributed by atoms with E-state index < -0.39 is 10.0 Å². The predicted molar refractivity (Wildman–Crippen MR) is 98.0 cm³/mol. The van der Waals surface area contributed by atoms with Crippen molar-refractivity contribution in [3.63, 3.8) is 0 Å². The number of aryl methyl sites for hydroxylation is 2. The van der Waals surface area contributed by atoms with Gasteiger partial charge in [-0.05, 0) is 26.0 Å². The summed E-state index contributed by atoms with van der Waals surface area (Å²) in [6, 6.07) is 14.5. The summed E-state index contributed by atoms with van der Waals surface area (Å²) in [4.78, 5) is 4.70. The van der Waals surface area contributed by atoms with Crippen LogP contribution in [0, 0.1) is 13.8 Å². The molecular weight excluding hydrogens is 334 g/mol. The summed E-state index contributed by atoms with van der Waals surface area (Å²) in [5.74, 6) is 0.766. The number of benzene rings is 2. The summed E-state index contributed by atoms with van der Waals surface area (Å²) in [5, 5.41) is 4.32. The van der Waals surface area contributed by atoms with Gasteiger partial charge in [-0.15, -0.1) is 9.19 Å². The zero-order valence-electron chi connectivity index (χ0n) is 14.8. The van der Waals surface area contributed by atoms with Crippen LogP contribution < -0.4 is 0 Å². The topological polar surface area (TPSA) is 64.8 Å². The molecule has 0 N–H and O–H groups in total. The van der Waals surface area contributed by atoms with E-state index in [9.17, 15) is 8.42 Å². The Morgan fingerprint density at radius 2 is 1.40 bits per heavy atom. The van der Waals surface area contributed by atoms with Gasteiger partial charge in [-0.3, -0.25) is 0 Å². The molecule has 0 saturated carbocycles. The van der Waals surface area contributed by atoms with E-state index in [0.717, 1.165) is 20.8 Å². The molecule has 0 amide bonds. The van der Waals surface area contributed by atoms with Crippen molar-refractivity contribution >= 4 is 10.0 Å². The number of hydrogen-bond donors (Lipinski definition) is 0. The van der Waals surface area contributed by atoms with Crippen LogP contribution in [0.15, 0.2) is 53.4 Å². The van der Waals surface area contributed by atoms with Gasteiger partial charge in [0.25, 0.3) is 10.0 Å². The second kappa shape index (κ2) is 6.44. The third-order valence-electron chi connectivity index (χ3n) is 3.97. The third kappa shape index (κ3) is 3.35. The molecule has 0 atom stereocenters. The van der Waals surface area contributed by atoms with Crippen LogP contribution in [0.4, 0.5) is 0 Å². The number of nitrogens with zero attached hydrogens (tertiary/aromatic N) is 3. The summed E-state index contributed by atoms with van der Waals surface area (Å²) in [6.07, 6.45) is 0. The molecule has 0 radical (unpaired) electrons. The van der Waals surface area contributed by atoms with Crippen molar-refractivity contribution in [2.45, 2.75) is 38.5 Å². The highest BCUT2D eigenvalue weighted by atomic mass is 32.2. The summed E-state index contributed by atoms with van der Waals surface area (Å²) in [7, 11) is -3.78. The average Bonchev–Trinajstić information content (AvgIpc) is 3.02. The number of aromatic nitrogens is 3. The molecule has 0 bridgehead atoms. The summed E-state index contributed by atoms with van der Waals surface area (Å²) in [5.41, 5.74) is 2.92. The van der Waals surface area contributed by atoms with Gasteiger partial charge in [0, 0.05) is 11.5 Å². The Morgan fingerprint density at radius 1 is 0.880 bits per heavy atom. The Hall–Kier alpha value is -2.47. The highest BCUT2D eigenvalue weighted by Crippen LogP contribution is 2.24. The molecule has 0 aliphatic rings. The first-order chi connectivity index (χ1) is 11.8. The van der Waals surface area contributed by atoms with E-state index in [1.165, 1.54) is 0 Å². The molecule has 3 aromatic rings. The molecule has 5 nitrogen and oxygen atoms in total. The van der Waals surface area contributed by atoms with Gasteiger partial charge in [0.15, 0.2) is 5.82 Å². The van der Waals surface area contributed by atoms with Crippen LogP contribution >= 0.6 is 0 Å². The lowest BCUT2D eigenvalue weighted by Crippen LogP contribution is -2.18. The van der Waals surface area contributed by atoms with Gasteiger partial charge in [0.1, 0.15) is 5.82 Å². The molecule has 0 saturated heterocycles. The van der Waals surface area contributed by atoms with E-state index in [4.69, 9.17) is 0 Å². The van der Waals surface area contributed by atoms with Gasteiger partial charge >= 0.3 is 0 Å². The molecule has 3 rings (SSSR count). The number of hydrogen-bond acceptors (Lipinski definition) is 4. The monoisotopic (exact) mass is 355 g/mol. The maximum absolute atomic E-state index is 13.0. The van der Waals surface area contributed by atoms with Crippen LogP contribution in [0.1, 0.15) is 36.7 Å². The van der Waals surface area contributed by atoms with Gasteiger partial charge in [-0.2, -0.15) is 8.42 Å². The first-order valence-corrected chi connectivity index (χ1v) is 9.59. The zero-order valence-corrected chi connectivity index (χ0v) is 15.6. The van der Waals surface area contributed by atoms with Crippen molar-refractivity contribution < 1.29 is 8.42 Å². The van der Waals surface area contributed by atoms with Crippen molar-refractivity contribution in [2.24, 2.45) is 0 Å². The van der Waals surface area contributed by atoms with E-state index in [-0.39, 0.29) is 10.8 Å². The lowest BCUT2D eigenvalue weighted by atomic mass is 10.1. The fourth-order valence-electron chi connectivity index (χ4n) is 2.47. The molecule has 6 heteroatoms. The van der Waals surface area contributed by atoms with Crippen molar-refractivity contribution in [1.29, 1.82) is 0 Å². The van der Waals surface area contributed by atoms with Crippen molar-refractivity contribution in [2.75, 3.05) is 0 Å². The highest BCUT2D eigenvalue weighted by Gasteiger charge is 2.25. The van der Waals surface area contributed by atoms with Gasteiger partial charge in [-0.25, -0.2) is 4.98 Å². The Bertz CT molecular complexity index is 986. The van der Waals surface area contributed by atoms with Gasteiger partial charge in [0.2, 0.25) is 0 Å². The minimum Gasteiger partial charge on any atom is -0.210 e. The van der Waals surface area contributed by atoms with E-state index in [2.05, 4.69) is 10.1 Å². The molecule has 1 heterocycles. The molecule has 2 aromatic carbocycles. The minimum atomic E-state index is -3.78. The van der Waals surface area contributed by atoms with Gasteiger partial charge < -0.3 is 0 Å². The second-order valence-corrected chi connectivity index (χ2v) is 8.24. The molecule has 0 fully saturated rings. The normalized spacial score (nSPS) is 11.9. The van der Waals surface area contributed by atoms with E-state index in [1.807, 2.05) is 52.0 Å². The Kier molecular flexibility index (Phi) is 4.47. The van der Waals surface area contributed by atoms with Crippen LogP contribution in [-0.4, -0.2) is 22.6 Å². The van der Waals surface area contributed by atoms with E-state index in [1.54, 1.807) is 24.3 Å². The largest absolute Gasteiger partial charge is 0.284 e. The predicted octanol–water partition coefficient (Wildman–Crippen LogP) is 3.92. The highest BCUT2D eigenvalue weighted by molar-refractivity contribution is 7.89. The van der Waals surface area contributed by atoms with Crippen LogP contribution in [-0.2, 0) is 10.0 Å². The quantitative estimate of drug-likeness (QED) is 0.711. The number of rotatable bonds is 4. The lowest BCUT2D eigenvalue weighted by Gasteiger charge is -2.09. The van der Waals surface area contributed by atoms with Gasteiger partial charge in [0.05, 0.1) is 4.90 Å². The smallest absolute Gasteiger partial charge is 0.210 e. The maximum Gasteiger partial charge on any atom is 0.284 e. The standard InChI is InChI=1S/C19H21N3O2S/c1-13(2)19-20-18(16-9-5-14(3)6-10-16)21-22(19)25(23,24)17-11-7-15(4)8-12-17/h5-13H,1-4H3. The fraction of sp³-hybridized carbons (Fsp3) is 0.263. The first-order valence-electron chi connectivity index (χ1n) is 8.15. The molecule has 0 unspecified atom stereocenters. The fourth-order valence-corrected chi connectivity index (χ4v) is 3.84. The Labute approximate surface area is 148 Å². The Morgan fingerprint density at radius 3 is 1.92 bits per heavy atom. The molecule has 130 valence electrons. The molecular formula is C19H21N3O2S. The van der Waals surface area contributed by atoms with Crippen LogP contribution in [0.2, 0.25) is 0 Å². The second-order valence-electron chi connectivity index (χ2n) is 6.48. The maximum atomic E-state index is 13.0. The molecule has 1 aromatic heterocycles. The molecule has 0 aliphatic carbocycles. The zero-order chi connectivity index (χ0) is 18.2. The minimum absolute atomic E-state index is 0.0769. The van der Waals surface area contributed by atoms with Crippen LogP contribution in [0.25, 0.3) is 11.4 Å². The van der Waals surface area contributed by atoms with Crippen LogP contribution in [0.5, 0.6) is 0 Å². The Balaban J connectivity index is 2.14. The van der Waals surface area contributed by atoms with Crippen molar-refractivity contribution in [1.82, 2.24) is 14.2 Å². The lowest BCUT2D eigenvalue weighted by molar-refractivity contribution is 0.572. The molecule has 0 spiro atoms. The van der Waals surface area contributed by atoms with Crippen LogP contribution in [0.3, 0.4) is 0 Å².